The SMILES string of the molecule is CN(Cc1cccs1)C1(CN)CCCC(C)(C)C1. The number of likely N-dealkylation sites (N-methyl/N-ethyl adjacent to an activating group) is 1. The summed E-state index contributed by atoms with van der Waals surface area (Å²) in [5.41, 5.74) is 6.78. The molecule has 0 aliphatic heterocycles. The summed E-state index contributed by atoms with van der Waals surface area (Å²) in [4.78, 5) is 3.94. The summed E-state index contributed by atoms with van der Waals surface area (Å²) < 4.78 is 0. The second-order valence-corrected chi connectivity index (χ2v) is 7.59. The van der Waals surface area contributed by atoms with Crippen LogP contribution in [0.5, 0.6) is 0 Å². The molecule has 0 bridgehead atoms. The van der Waals surface area contributed by atoms with Gasteiger partial charge >= 0.3 is 0 Å². The fourth-order valence-corrected chi connectivity index (χ4v) is 4.18. The fourth-order valence-electron chi connectivity index (χ4n) is 3.42. The summed E-state index contributed by atoms with van der Waals surface area (Å²) >= 11 is 1.84. The maximum atomic E-state index is 6.15. The molecule has 18 heavy (non-hydrogen) atoms. The van der Waals surface area contributed by atoms with Crippen LogP contribution in [0.3, 0.4) is 0 Å². The standard InChI is InChI=1S/C15H26N2S/c1-14(2)7-5-8-15(11-14,12-16)17(3)10-13-6-4-9-18-13/h4,6,9H,5,7-8,10-12,16H2,1-3H3. The molecule has 1 unspecified atom stereocenters. The maximum absolute atomic E-state index is 6.15. The van der Waals surface area contributed by atoms with E-state index in [0.29, 0.717) is 5.41 Å². The number of hydrogen-bond donors (Lipinski definition) is 1. The van der Waals surface area contributed by atoms with Gasteiger partial charge in [0, 0.05) is 23.5 Å². The molecule has 1 saturated carbocycles. The third kappa shape index (κ3) is 2.95. The van der Waals surface area contributed by atoms with Gasteiger partial charge in [-0.3, -0.25) is 4.90 Å². The van der Waals surface area contributed by atoms with E-state index in [-0.39, 0.29) is 5.54 Å². The number of nitrogens with two attached hydrogens (primary N) is 1. The van der Waals surface area contributed by atoms with Gasteiger partial charge in [0.1, 0.15) is 0 Å². The predicted molar refractivity (Wildman–Crippen MR) is 79.8 cm³/mol. The topological polar surface area (TPSA) is 29.3 Å². The van der Waals surface area contributed by atoms with Crippen LogP contribution in [0.2, 0.25) is 0 Å². The number of thiophene rings is 1. The van der Waals surface area contributed by atoms with Crippen LogP contribution < -0.4 is 5.73 Å². The highest BCUT2D eigenvalue weighted by Gasteiger charge is 2.41. The van der Waals surface area contributed by atoms with Crippen LogP contribution in [-0.2, 0) is 6.54 Å². The van der Waals surface area contributed by atoms with E-state index in [4.69, 9.17) is 5.73 Å². The molecule has 1 aromatic heterocycles. The van der Waals surface area contributed by atoms with Crippen LogP contribution in [0.1, 0.15) is 44.4 Å². The van der Waals surface area contributed by atoms with Crippen molar-refractivity contribution in [3.63, 3.8) is 0 Å². The Morgan fingerprint density at radius 1 is 1.39 bits per heavy atom. The molecule has 1 aliphatic carbocycles. The van der Waals surface area contributed by atoms with Crippen LogP contribution in [0.15, 0.2) is 17.5 Å². The zero-order chi connectivity index (χ0) is 13.2. The lowest BCUT2D eigenvalue weighted by molar-refractivity contribution is 0.0229. The van der Waals surface area contributed by atoms with E-state index < -0.39 is 0 Å². The number of rotatable bonds is 4. The summed E-state index contributed by atoms with van der Waals surface area (Å²) in [6.45, 7) is 6.58. The third-order valence-corrected chi connectivity index (χ3v) is 5.33. The molecule has 102 valence electrons. The molecule has 2 N–H and O–H groups in total. The summed E-state index contributed by atoms with van der Waals surface area (Å²) in [6, 6.07) is 4.35. The molecule has 1 aliphatic rings. The molecule has 1 heterocycles. The molecule has 0 aromatic carbocycles. The molecule has 1 atom stereocenters. The van der Waals surface area contributed by atoms with Crippen LogP contribution in [0, 0.1) is 5.41 Å². The van der Waals surface area contributed by atoms with Crippen LogP contribution >= 0.6 is 11.3 Å². The lowest BCUT2D eigenvalue weighted by Gasteiger charge is -2.49. The van der Waals surface area contributed by atoms with Gasteiger partial charge in [-0.15, -0.1) is 11.3 Å². The van der Waals surface area contributed by atoms with Gasteiger partial charge in [-0.2, -0.15) is 0 Å². The number of hydrogen-bond acceptors (Lipinski definition) is 3. The highest BCUT2D eigenvalue weighted by Crippen LogP contribution is 2.43. The maximum Gasteiger partial charge on any atom is 0.0337 e. The molecule has 3 heteroatoms. The smallest absolute Gasteiger partial charge is 0.0337 e. The average molecular weight is 266 g/mol. The van der Waals surface area contributed by atoms with Crippen LogP contribution in [-0.4, -0.2) is 24.0 Å². The Balaban J connectivity index is 2.11. The molecule has 0 amide bonds. The van der Waals surface area contributed by atoms with E-state index in [1.807, 2.05) is 11.3 Å². The van der Waals surface area contributed by atoms with Crippen molar-refractivity contribution in [1.29, 1.82) is 0 Å². The van der Waals surface area contributed by atoms with Gasteiger partial charge in [0.05, 0.1) is 0 Å². The van der Waals surface area contributed by atoms with Crippen molar-refractivity contribution >= 4 is 11.3 Å². The van der Waals surface area contributed by atoms with Crippen LogP contribution in [0.25, 0.3) is 0 Å². The molecule has 2 rings (SSSR count). The summed E-state index contributed by atoms with van der Waals surface area (Å²) in [6.07, 6.45) is 5.10. The Morgan fingerprint density at radius 3 is 2.72 bits per heavy atom. The Hall–Kier alpha value is -0.380. The van der Waals surface area contributed by atoms with Crippen LogP contribution in [0.4, 0.5) is 0 Å². The van der Waals surface area contributed by atoms with E-state index in [2.05, 4.69) is 43.3 Å². The Morgan fingerprint density at radius 2 is 2.17 bits per heavy atom. The minimum atomic E-state index is 0.200. The van der Waals surface area contributed by atoms with Crippen molar-refractivity contribution in [2.24, 2.45) is 11.1 Å². The normalized spacial score (nSPS) is 27.6. The predicted octanol–water partition coefficient (Wildman–Crippen LogP) is 3.48. The fraction of sp³-hybridized carbons (Fsp3) is 0.733. The molecular formula is C15H26N2S. The van der Waals surface area contributed by atoms with E-state index in [9.17, 15) is 0 Å². The highest BCUT2D eigenvalue weighted by atomic mass is 32.1. The first-order chi connectivity index (χ1) is 8.47. The van der Waals surface area contributed by atoms with E-state index in [1.165, 1.54) is 30.6 Å². The molecular weight excluding hydrogens is 240 g/mol. The van der Waals surface area contributed by atoms with Crippen molar-refractivity contribution in [1.82, 2.24) is 4.90 Å². The quantitative estimate of drug-likeness (QED) is 0.904. The van der Waals surface area contributed by atoms with Gasteiger partial charge in [0.2, 0.25) is 0 Å². The molecule has 0 radical (unpaired) electrons. The third-order valence-electron chi connectivity index (χ3n) is 4.47. The van der Waals surface area contributed by atoms with Gasteiger partial charge in [-0.25, -0.2) is 0 Å². The first kappa shape index (κ1) is 14.0. The van der Waals surface area contributed by atoms with Gasteiger partial charge in [-0.05, 0) is 43.2 Å². The Labute approximate surface area is 115 Å². The second-order valence-electron chi connectivity index (χ2n) is 6.56. The van der Waals surface area contributed by atoms with Gasteiger partial charge in [-0.1, -0.05) is 26.3 Å². The van der Waals surface area contributed by atoms with Gasteiger partial charge in [0.25, 0.3) is 0 Å². The minimum absolute atomic E-state index is 0.200. The molecule has 1 fully saturated rings. The zero-order valence-electron chi connectivity index (χ0n) is 11.9. The Bertz CT molecular complexity index is 372. The molecule has 0 saturated heterocycles. The molecule has 1 aromatic rings. The van der Waals surface area contributed by atoms with Crippen molar-refractivity contribution in [3.8, 4) is 0 Å². The summed E-state index contributed by atoms with van der Waals surface area (Å²) in [5, 5.41) is 2.16. The Kier molecular flexibility index (Phi) is 4.15. The number of nitrogens with zero attached hydrogens (tertiary/aromatic N) is 1. The summed E-state index contributed by atoms with van der Waals surface area (Å²) in [7, 11) is 2.24. The first-order valence-electron chi connectivity index (χ1n) is 6.91. The van der Waals surface area contributed by atoms with Crippen molar-refractivity contribution in [3.05, 3.63) is 22.4 Å². The molecule has 0 spiro atoms. The highest BCUT2D eigenvalue weighted by molar-refractivity contribution is 7.09. The van der Waals surface area contributed by atoms with Gasteiger partial charge < -0.3 is 5.73 Å². The zero-order valence-corrected chi connectivity index (χ0v) is 12.7. The minimum Gasteiger partial charge on any atom is -0.329 e. The van der Waals surface area contributed by atoms with Crippen molar-refractivity contribution in [2.75, 3.05) is 13.6 Å². The van der Waals surface area contributed by atoms with Crippen molar-refractivity contribution < 1.29 is 0 Å². The average Bonchev–Trinajstić information content (AvgIpc) is 2.80. The second kappa shape index (κ2) is 5.32. The van der Waals surface area contributed by atoms with E-state index in [0.717, 1.165) is 13.1 Å². The largest absolute Gasteiger partial charge is 0.329 e. The molecule has 2 nitrogen and oxygen atoms in total. The first-order valence-corrected chi connectivity index (χ1v) is 7.79. The van der Waals surface area contributed by atoms with Gasteiger partial charge in [0.15, 0.2) is 0 Å². The monoisotopic (exact) mass is 266 g/mol. The lowest BCUT2D eigenvalue weighted by Crippen LogP contribution is -2.55. The van der Waals surface area contributed by atoms with E-state index >= 15 is 0 Å². The summed E-state index contributed by atoms with van der Waals surface area (Å²) in [5.74, 6) is 0. The van der Waals surface area contributed by atoms with Crippen molar-refractivity contribution in [2.45, 2.75) is 51.6 Å². The van der Waals surface area contributed by atoms with E-state index in [1.54, 1.807) is 0 Å². The lowest BCUT2D eigenvalue weighted by atomic mass is 9.67.